The number of nitrogens with two attached hydrogens (primary N) is 1. The van der Waals surface area contributed by atoms with Gasteiger partial charge < -0.3 is 20.5 Å². The van der Waals surface area contributed by atoms with E-state index in [0.717, 1.165) is 25.2 Å². The third kappa shape index (κ3) is 4.15. The average molecular weight is 431 g/mol. The van der Waals surface area contributed by atoms with Crippen LogP contribution in [0, 0.1) is 5.92 Å². The molecule has 1 aromatic heterocycles. The predicted octanol–water partition coefficient (Wildman–Crippen LogP) is 1.45. The summed E-state index contributed by atoms with van der Waals surface area (Å²) in [4.78, 5) is 17.4. The zero-order chi connectivity index (χ0) is 21.3. The Labute approximate surface area is 173 Å². The molecule has 4 N–H and O–H groups in total. The lowest BCUT2D eigenvalue weighted by Gasteiger charge is -2.33. The number of carbonyl (C=O) groups is 1. The summed E-state index contributed by atoms with van der Waals surface area (Å²) in [5.41, 5.74) is 6.78. The minimum absolute atomic E-state index is 0.104. The molecule has 2 aromatic rings. The Morgan fingerprint density at radius 2 is 2.17 bits per heavy atom. The number of ether oxygens (including phenoxy) is 1. The van der Waals surface area contributed by atoms with Crippen LogP contribution in [0.3, 0.4) is 0 Å². The van der Waals surface area contributed by atoms with Crippen molar-refractivity contribution in [3.05, 3.63) is 47.7 Å². The second-order valence-corrected chi connectivity index (χ2v) is 8.54. The lowest BCUT2D eigenvalue weighted by atomic mass is 9.99. The first-order valence-electron chi connectivity index (χ1n) is 9.41. The van der Waals surface area contributed by atoms with Crippen molar-refractivity contribution in [2.24, 2.45) is 16.0 Å². The summed E-state index contributed by atoms with van der Waals surface area (Å²) >= 11 is 0. The van der Waals surface area contributed by atoms with Gasteiger partial charge in [0.1, 0.15) is 11.6 Å². The van der Waals surface area contributed by atoms with Crippen LogP contribution >= 0.6 is 0 Å². The Kier molecular flexibility index (Phi) is 5.20. The van der Waals surface area contributed by atoms with Crippen LogP contribution in [0.1, 0.15) is 28.8 Å². The molecule has 11 heteroatoms. The van der Waals surface area contributed by atoms with E-state index in [2.05, 4.69) is 19.0 Å². The van der Waals surface area contributed by atoms with Crippen LogP contribution in [0.25, 0.3) is 0 Å². The summed E-state index contributed by atoms with van der Waals surface area (Å²) < 4.78 is 35.3. The van der Waals surface area contributed by atoms with Gasteiger partial charge in [-0.2, -0.15) is 8.42 Å². The first-order valence-corrected chi connectivity index (χ1v) is 10.8. The molecule has 1 aromatic carbocycles. The minimum atomic E-state index is -3.84. The molecule has 30 heavy (non-hydrogen) atoms. The molecule has 1 atom stereocenters. The van der Waals surface area contributed by atoms with Gasteiger partial charge in [0, 0.05) is 25.2 Å². The van der Waals surface area contributed by atoms with Crippen molar-refractivity contribution in [2.75, 3.05) is 29.3 Å². The SMILES string of the molecule is NC1=NS(=O)(=O)Nc2cccc(OC[C@H]3CCCN(c4ccc(C(=O)O)cn4)C3)c21. The van der Waals surface area contributed by atoms with Crippen LogP contribution in [-0.4, -0.2) is 50.0 Å². The fraction of sp³-hybridized carbons (Fsp3) is 0.316. The number of anilines is 2. The molecule has 158 valence electrons. The Hall–Kier alpha value is -3.34. The highest BCUT2D eigenvalue weighted by atomic mass is 32.2. The van der Waals surface area contributed by atoms with Crippen LogP contribution in [0.2, 0.25) is 0 Å². The van der Waals surface area contributed by atoms with Crippen molar-refractivity contribution in [1.29, 1.82) is 0 Å². The van der Waals surface area contributed by atoms with Gasteiger partial charge >= 0.3 is 16.2 Å². The highest BCUT2D eigenvalue weighted by Gasteiger charge is 2.26. The molecule has 0 saturated carbocycles. The Balaban J connectivity index is 1.44. The summed E-state index contributed by atoms with van der Waals surface area (Å²) in [6, 6.07) is 8.29. The molecule has 1 saturated heterocycles. The van der Waals surface area contributed by atoms with Gasteiger partial charge in [0.05, 0.1) is 23.4 Å². The van der Waals surface area contributed by atoms with E-state index in [-0.39, 0.29) is 17.3 Å². The molecule has 2 aliphatic rings. The highest BCUT2D eigenvalue weighted by Crippen LogP contribution is 2.31. The standard InChI is InChI=1S/C19H21N5O5S/c20-18-17-14(22-30(27,28)23-18)4-1-5-15(17)29-11-12-3-2-8-24(10-12)16-7-6-13(9-21-16)19(25)26/h1,4-7,9,12,22H,2-3,8,10-11H2,(H2,20,23)(H,25,26)/t12-/m0/s1. The number of rotatable bonds is 5. The van der Waals surface area contributed by atoms with Gasteiger partial charge in [0.25, 0.3) is 0 Å². The fourth-order valence-electron chi connectivity index (χ4n) is 3.65. The lowest BCUT2D eigenvalue weighted by molar-refractivity contribution is 0.0696. The second-order valence-electron chi connectivity index (χ2n) is 7.21. The minimum Gasteiger partial charge on any atom is -0.492 e. The third-order valence-corrected chi connectivity index (χ3v) is 5.97. The van der Waals surface area contributed by atoms with Crippen LogP contribution in [-0.2, 0) is 10.2 Å². The fourth-order valence-corrected chi connectivity index (χ4v) is 4.50. The molecule has 0 aliphatic carbocycles. The van der Waals surface area contributed by atoms with Gasteiger partial charge in [0.2, 0.25) is 0 Å². The van der Waals surface area contributed by atoms with E-state index in [1.54, 1.807) is 30.3 Å². The van der Waals surface area contributed by atoms with E-state index in [4.69, 9.17) is 15.6 Å². The number of carboxylic acid groups (broad SMARTS) is 1. The maximum atomic E-state index is 11.7. The molecule has 3 heterocycles. The number of hydrogen-bond donors (Lipinski definition) is 3. The topological polar surface area (TPSA) is 147 Å². The van der Waals surface area contributed by atoms with Crippen LogP contribution in [0.5, 0.6) is 5.75 Å². The number of fused-ring (bicyclic) bond motifs is 1. The molecule has 0 spiro atoms. The first-order chi connectivity index (χ1) is 14.3. The summed E-state index contributed by atoms with van der Waals surface area (Å²) in [7, 11) is -3.84. The van der Waals surface area contributed by atoms with Gasteiger partial charge in [0.15, 0.2) is 5.84 Å². The molecule has 4 rings (SSSR count). The number of pyridine rings is 1. The van der Waals surface area contributed by atoms with Crippen molar-refractivity contribution in [2.45, 2.75) is 12.8 Å². The smallest absolute Gasteiger partial charge is 0.344 e. The number of piperidine rings is 1. The maximum Gasteiger partial charge on any atom is 0.344 e. The average Bonchev–Trinajstić information content (AvgIpc) is 2.71. The van der Waals surface area contributed by atoms with Crippen molar-refractivity contribution >= 4 is 33.5 Å². The molecule has 0 bridgehead atoms. The van der Waals surface area contributed by atoms with E-state index in [1.807, 2.05) is 0 Å². The molecule has 2 aliphatic heterocycles. The van der Waals surface area contributed by atoms with Crippen molar-refractivity contribution in [1.82, 2.24) is 4.98 Å². The maximum absolute atomic E-state index is 11.7. The number of aromatic nitrogens is 1. The number of amidine groups is 1. The number of carboxylic acids is 1. The zero-order valence-corrected chi connectivity index (χ0v) is 16.8. The van der Waals surface area contributed by atoms with Crippen molar-refractivity contribution < 1.29 is 23.1 Å². The Morgan fingerprint density at radius 3 is 2.90 bits per heavy atom. The van der Waals surface area contributed by atoms with Gasteiger partial charge in [-0.05, 0) is 37.1 Å². The van der Waals surface area contributed by atoms with E-state index in [1.165, 1.54) is 6.20 Å². The van der Waals surface area contributed by atoms with Gasteiger partial charge in [-0.1, -0.05) is 6.07 Å². The number of nitrogens with one attached hydrogen (secondary N) is 1. The number of hydrogen-bond acceptors (Lipinski definition) is 7. The summed E-state index contributed by atoms with van der Waals surface area (Å²) in [6.07, 6.45) is 3.28. The lowest BCUT2D eigenvalue weighted by Crippen LogP contribution is -2.38. The quantitative estimate of drug-likeness (QED) is 0.644. The second kappa shape index (κ2) is 7.82. The third-order valence-electron chi connectivity index (χ3n) is 5.05. The number of benzene rings is 1. The zero-order valence-electron chi connectivity index (χ0n) is 16.0. The first kappa shape index (κ1) is 20.0. The van der Waals surface area contributed by atoms with Crippen molar-refractivity contribution in [3.63, 3.8) is 0 Å². The summed E-state index contributed by atoms with van der Waals surface area (Å²) in [5, 5.41) is 9.01. The Bertz CT molecular complexity index is 1100. The highest BCUT2D eigenvalue weighted by molar-refractivity contribution is 7.91. The molecule has 10 nitrogen and oxygen atoms in total. The molecular weight excluding hydrogens is 410 g/mol. The number of nitrogens with zero attached hydrogens (tertiary/aromatic N) is 3. The molecule has 0 radical (unpaired) electrons. The monoisotopic (exact) mass is 431 g/mol. The number of aromatic carboxylic acids is 1. The molecular formula is C19H21N5O5S. The summed E-state index contributed by atoms with van der Waals surface area (Å²) in [6.45, 7) is 1.96. The largest absolute Gasteiger partial charge is 0.492 e. The van der Waals surface area contributed by atoms with Crippen LogP contribution in [0.4, 0.5) is 11.5 Å². The van der Waals surface area contributed by atoms with Gasteiger partial charge in [-0.25, -0.2) is 9.78 Å². The normalized spacial score (nSPS) is 19.9. The predicted molar refractivity (Wildman–Crippen MR) is 111 cm³/mol. The van der Waals surface area contributed by atoms with Crippen molar-refractivity contribution in [3.8, 4) is 5.75 Å². The Morgan fingerprint density at radius 1 is 1.33 bits per heavy atom. The molecule has 0 unspecified atom stereocenters. The molecule has 1 fully saturated rings. The molecule has 0 amide bonds. The van der Waals surface area contributed by atoms with E-state index < -0.39 is 16.2 Å². The van der Waals surface area contributed by atoms with E-state index in [9.17, 15) is 13.2 Å². The van der Waals surface area contributed by atoms with Gasteiger partial charge in [-0.15, -0.1) is 4.40 Å². The van der Waals surface area contributed by atoms with Crippen LogP contribution in [0.15, 0.2) is 40.9 Å². The van der Waals surface area contributed by atoms with E-state index >= 15 is 0 Å². The van der Waals surface area contributed by atoms with E-state index in [0.29, 0.717) is 30.2 Å². The summed E-state index contributed by atoms with van der Waals surface area (Å²) in [5.74, 6) is 0.307. The van der Waals surface area contributed by atoms with Gasteiger partial charge in [-0.3, -0.25) is 4.72 Å². The van der Waals surface area contributed by atoms with Crippen LogP contribution < -0.4 is 20.1 Å².